The van der Waals surface area contributed by atoms with Gasteiger partial charge in [-0.3, -0.25) is 0 Å². The molecule has 0 aromatic carbocycles. The van der Waals surface area contributed by atoms with E-state index < -0.39 is 0 Å². The lowest BCUT2D eigenvalue weighted by atomic mass is 9.76. The van der Waals surface area contributed by atoms with Crippen LogP contribution in [0.2, 0.25) is 0 Å². The molecule has 2 rings (SSSR count). The zero-order valence-corrected chi connectivity index (χ0v) is 10.2. The van der Waals surface area contributed by atoms with Gasteiger partial charge in [0, 0.05) is 4.83 Å². The van der Waals surface area contributed by atoms with E-state index in [1.54, 1.807) is 0 Å². The van der Waals surface area contributed by atoms with Gasteiger partial charge in [-0.1, -0.05) is 35.7 Å². The Kier molecular flexibility index (Phi) is 3.34. The van der Waals surface area contributed by atoms with E-state index in [1.165, 1.54) is 44.9 Å². The third-order valence-electron chi connectivity index (χ3n) is 4.14. The Labute approximate surface area is 90.6 Å². The van der Waals surface area contributed by atoms with Crippen LogP contribution in [0.15, 0.2) is 0 Å². The van der Waals surface area contributed by atoms with Gasteiger partial charge >= 0.3 is 0 Å². The van der Waals surface area contributed by atoms with E-state index in [0.717, 1.165) is 22.6 Å². The third kappa shape index (κ3) is 2.49. The minimum atomic E-state index is 0.844. The first-order valence-electron chi connectivity index (χ1n) is 5.89. The third-order valence-corrected chi connectivity index (χ3v) is 4.97. The maximum Gasteiger partial charge on any atom is 0.0148 e. The quantitative estimate of drug-likeness (QED) is 0.601. The first-order chi connectivity index (χ1) is 6.25. The SMILES string of the molecule is CC1CCC(C2CCC(Br)C2)CC1. The summed E-state index contributed by atoms with van der Waals surface area (Å²) in [5, 5.41) is 0. The van der Waals surface area contributed by atoms with Gasteiger partial charge < -0.3 is 0 Å². The van der Waals surface area contributed by atoms with Gasteiger partial charge in [0.05, 0.1) is 0 Å². The number of alkyl halides is 1. The van der Waals surface area contributed by atoms with E-state index in [2.05, 4.69) is 22.9 Å². The van der Waals surface area contributed by atoms with Crippen LogP contribution in [0.3, 0.4) is 0 Å². The van der Waals surface area contributed by atoms with Crippen molar-refractivity contribution in [2.24, 2.45) is 17.8 Å². The maximum absolute atomic E-state index is 3.76. The van der Waals surface area contributed by atoms with Gasteiger partial charge in [0.15, 0.2) is 0 Å². The fourth-order valence-corrected chi connectivity index (χ4v) is 3.89. The van der Waals surface area contributed by atoms with E-state index >= 15 is 0 Å². The first kappa shape index (κ1) is 10.0. The van der Waals surface area contributed by atoms with Crippen LogP contribution in [-0.4, -0.2) is 4.83 Å². The monoisotopic (exact) mass is 244 g/mol. The Bertz CT molecular complexity index is 159. The van der Waals surface area contributed by atoms with E-state index in [9.17, 15) is 0 Å². The van der Waals surface area contributed by atoms with Gasteiger partial charge in [-0.15, -0.1) is 0 Å². The fourth-order valence-electron chi connectivity index (χ4n) is 3.14. The molecule has 2 fully saturated rings. The molecule has 0 N–H and O–H groups in total. The Morgan fingerprint density at radius 2 is 1.46 bits per heavy atom. The summed E-state index contributed by atoms with van der Waals surface area (Å²) >= 11 is 3.76. The molecule has 0 radical (unpaired) electrons. The highest BCUT2D eigenvalue weighted by molar-refractivity contribution is 9.09. The Morgan fingerprint density at radius 3 is 2.00 bits per heavy atom. The average Bonchev–Trinajstić information content (AvgIpc) is 2.53. The van der Waals surface area contributed by atoms with Gasteiger partial charge in [0.1, 0.15) is 0 Å². The molecule has 0 aliphatic heterocycles. The van der Waals surface area contributed by atoms with E-state index in [-0.39, 0.29) is 0 Å². The second kappa shape index (κ2) is 4.33. The van der Waals surface area contributed by atoms with Crippen molar-refractivity contribution in [1.29, 1.82) is 0 Å². The van der Waals surface area contributed by atoms with Crippen LogP contribution < -0.4 is 0 Å². The molecular formula is C12H21Br. The summed E-state index contributed by atoms with van der Waals surface area (Å²) in [5.74, 6) is 3.16. The number of hydrogen-bond acceptors (Lipinski definition) is 0. The van der Waals surface area contributed by atoms with Gasteiger partial charge in [-0.25, -0.2) is 0 Å². The van der Waals surface area contributed by atoms with Crippen LogP contribution in [-0.2, 0) is 0 Å². The van der Waals surface area contributed by atoms with Crippen LogP contribution >= 0.6 is 15.9 Å². The molecule has 2 aliphatic carbocycles. The van der Waals surface area contributed by atoms with Gasteiger partial charge in [0.25, 0.3) is 0 Å². The van der Waals surface area contributed by atoms with Crippen LogP contribution in [0.25, 0.3) is 0 Å². The highest BCUT2D eigenvalue weighted by Gasteiger charge is 2.31. The van der Waals surface area contributed by atoms with Crippen LogP contribution in [0.4, 0.5) is 0 Å². The number of rotatable bonds is 1. The van der Waals surface area contributed by atoms with Crippen LogP contribution in [0, 0.1) is 17.8 Å². The van der Waals surface area contributed by atoms with E-state index in [4.69, 9.17) is 0 Å². The summed E-state index contributed by atoms with van der Waals surface area (Å²) in [6.45, 7) is 2.41. The molecule has 0 heterocycles. The maximum atomic E-state index is 3.76. The molecule has 76 valence electrons. The second-order valence-corrected chi connectivity index (χ2v) is 6.49. The van der Waals surface area contributed by atoms with Crippen molar-refractivity contribution in [3.05, 3.63) is 0 Å². The van der Waals surface area contributed by atoms with Crippen molar-refractivity contribution in [2.45, 2.75) is 56.7 Å². The van der Waals surface area contributed by atoms with Crippen molar-refractivity contribution in [2.75, 3.05) is 0 Å². The lowest BCUT2D eigenvalue weighted by molar-refractivity contribution is 0.215. The first-order valence-corrected chi connectivity index (χ1v) is 6.81. The van der Waals surface area contributed by atoms with E-state index in [1.807, 2.05) is 0 Å². The largest absolute Gasteiger partial charge is 0.0891 e. The highest BCUT2D eigenvalue weighted by atomic mass is 79.9. The zero-order valence-electron chi connectivity index (χ0n) is 8.64. The van der Waals surface area contributed by atoms with Crippen molar-refractivity contribution in [3.63, 3.8) is 0 Å². The molecule has 13 heavy (non-hydrogen) atoms. The molecule has 2 atom stereocenters. The molecule has 2 aliphatic rings. The summed E-state index contributed by atoms with van der Waals surface area (Å²) in [6, 6.07) is 0. The molecule has 0 saturated heterocycles. The molecule has 0 aromatic heterocycles. The summed E-state index contributed by atoms with van der Waals surface area (Å²) in [4.78, 5) is 0.844. The van der Waals surface area contributed by atoms with Crippen molar-refractivity contribution in [1.82, 2.24) is 0 Å². The molecule has 0 bridgehead atoms. The zero-order chi connectivity index (χ0) is 9.26. The standard InChI is InChI=1S/C12H21Br/c1-9-2-4-10(5-3-9)11-6-7-12(13)8-11/h9-12H,2-8H2,1H3. The van der Waals surface area contributed by atoms with Gasteiger partial charge in [0.2, 0.25) is 0 Å². The minimum Gasteiger partial charge on any atom is -0.0891 e. The van der Waals surface area contributed by atoms with Crippen LogP contribution in [0.1, 0.15) is 51.9 Å². The molecule has 0 spiro atoms. The summed E-state index contributed by atoms with van der Waals surface area (Å²) in [5.41, 5.74) is 0. The van der Waals surface area contributed by atoms with Crippen molar-refractivity contribution >= 4 is 15.9 Å². The van der Waals surface area contributed by atoms with Crippen LogP contribution in [0.5, 0.6) is 0 Å². The molecule has 0 nitrogen and oxygen atoms in total. The lowest BCUT2D eigenvalue weighted by Gasteiger charge is -2.30. The molecule has 2 saturated carbocycles. The molecule has 2 unspecified atom stereocenters. The van der Waals surface area contributed by atoms with Gasteiger partial charge in [-0.05, 0) is 49.9 Å². The summed E-state index contributed by atoms with van der Waals surface area (Å²) in [6.07, 6.45) is 10.4. The minimum absolute atomic E-state index is 0.844. The predicted molar refractivity (Wildman–Crippen MR) is 61.2 cm³/mol. The normalized spacial score (nSPS) is 46.6. The molecule has 0 amide bonds. The fraction of sp³-hybridized carbons (Fsp3) is 1.00. The Hall–Kier alpha value is 0.480. The Balaban J connectivity index is 1.81. The topological polar surface area (TPSA) is 0 Å². The Morgan fingerprint density at radius 1 is 0.846 bits per heavy atom. The summed E-state index contributed by atoms with van der Waals surface area (Å²) < 4.78 is 0. The smallest absolute Gasteiger partial charge is 0.0148 e. The highest BCUT2D eigenvalue weighted by Crippen LogP contribution is 2.42. The molecule has 0 aromatic rings. The van der Waals surface area contributed by atoms with E-state index in [0.29, 0.717) is 0 Å². The average molecular weight is 245 g/mol. The summed E-state index contributed by atoms with van der Waals surface area (Å²) in [7, 11) is 0. The molecular weight excluding hydrogens is 224 g/mol. The predicted octanol–water partition coefficient (Wildman–Crippen LogP) is 4.38. The second-order valence-electron chi connectivity index (χ2n) is 5.19. The molecule has 1 heteroatoms. The van der Waals surface area contributed by atoms with Crippen molar-refractivity contribution < 1.29 is 0 Å². The number of halogens is 1. The number of hydrogen-bond donors (Lipinski definition) is 0. The lowest BCUT2D eigenvalue weighted by Crippen LogP contribution is -2.19. The van der Waals surface area contributed by atoms with Crippen molar-refractivity contribution in [3.8, 4) is 0 Å². The van der Waals surface area contributed by atoms with Gasteiger partial charge in [-0.2, -0.15) is 0 Å².